The summed E-state index contributed by atoms with van der Waals surface area (Å²) in [5.41, 5.74) is 3.66. The molecule has 0 amide bonds. The van der Waals surface area contributed by atoms with Crippen molar-refractivity contribution < 1.29 is 0 Å². The Morgan fingerprint density at radius 3 is 2.90 bits per heavy atom. The SMILES string of the molecule is c1ccc2c3cc-3nc2c1. The minimum Gasteiger partial charge on any atom is -0.248 e. The molecule has 0 fully saturated rings. The second-order valence-corrected chi connectivity index (χ2v) is 2.57. The average Bonchev–Trinajstić information content (AvgIpc) is 2.64. The molecule has 0 radical (unpaired) electrons. The third-order valence-electron chi connectivity index (χ3n) is 1.91. The molecule has 1 aromatic carbocycles. The van der Waals surface area contributed by atoms with Gasteiger partial charge in [-0.2, -0.15) is 0 Å². The summed E-state index contributed by atoms with van der Waals surface area (Å²) in [6, 6.07) is 10.4. The summed E-state index contributed by atoms with van der Waals surface area (Å²) in [6.45, 7) is 0. The zero-order valence-corrected chi connectivity index (χ0v) is 5.33. The molecule has 0 aromatic heterocycles. The van der Waals surface area contributed by atoms with Gasteiger partial charge in [0.15, 0.2) is 0 Å². The van der Waals surface area contributed by atoms with Crippen LogP contribution in [-0.2, 0) is 0 Å². The largest absolute Gasteiger partial charge is 0.248 e. The molecule has 3 rings (SSSR count). The van der Waals surface area contributed by atoms with Crippen LogP contribution < -0.4 is 0 Å². The Morgan fingerprint density at radius 2 is 2.00 bits per heavy atom. The molecule has 0 saturated carbocycles. The highest BCUT2D eigenvalue weighted by Gasteiger charge is 2.18. The highest BCUT2D eigenvalue weighted by atomic mass is 14.7. The number of pyridine rings is 1. The molecule has 1 nitrogen and oxygen atoms in total. The predicted molar refractivity (Wildman–Crippen MR) is 40.7 cm³/mol. The molecule has 0 spiro atoms. The fourth-order valence-electron chi connectivity index (χ4n) is 1.34. The molecule has 0 atom stereocenters. The van der Waals surface area contributed by atoms with Crippen LogP contribution in [0.5, 0.6) is 0 Å². The maximum absolute atomic E-state index is 4.35. The first-order chi connectivity index (χ1) is 4.95. The van der Waals surface area contributed by atoms with Crippen LogP contribution in [0, 0.1) is 0 Å². The summed E-state index contributed by atoms with van der Waals surface area (Å²) in [6.07, 6.45) is 0. The normalized spacial score (nSPS) is 12.0. The molecule has 2 aliphatic rings. The zero-order valence-electron chi connectivity index (χ0n) is 5.33. The van der Waals surface area contributed by atoms with Gasteiger partial charge < -0.3 is 0 Å². The van der Waals surface area contributed by atoms with Gasteiger partial charge in [0, 0.05) is 10.9 Å². The van der Waals surface area contributed by atoms with Crippen molar-refractivity contribution in [3.8, 4) is 11.3 Å². The molecule has 1 aromatic rings. The van der Waals surface area contributed by atoms with Gasteiger partial charge in [-0.15, -0.1) is 0 Å². The maximum Gasteiger partial charge on any atom is 0.0724 e. The fourth-order valence-corrected chi connectivity index (χ4v) is 1.34. The Hall–Kier alpha value is -1.37. The summed E-state index contributed by atoms with van der Waals surface area (Å²) < 4.78 is 0. The molecule has 1 heterocycles. The van der Waals surface area contributed by atoms with Gasteiger partial charge in [-0.25, -0.2) is 4.98 Å². The molecule has 10 heavy (non-hydrogen) atoms. The molecule has 46 valence electrons. The van der Waals surface area contributed by atoms with E-state index in [2.05, 4.69) is 29.2 Å². The van der Waals surface area contributed by atoms with E-state index in [0.717, 1.165) is 5.52 Å². The minimum atomic E-state index is 1.13. The Balaban J connectivity index is 2.63. The molecule has 0 bridgehead atoms. The Morgan fingerprint density at radius 1 is 1.10 bits per heavy atom. The minimum absolute atomic E-state index is 1.13. The molecule has 1 aliphatic carbocycles. The molecular formula is C9H5N. The maximum atomic E-state index is 4.35. The second-order valence-electron chi connectivity index (χ2n) is 2.57. The number of rotatable bonds is 0. The van der Waals surface area contributed by atoms with Crippen molar-refractivity contribution in [1.29, 1.82) is 0 Å². The van der Waals surface area contributed by atoms with Crippen molar-refractivity contribution in [3.63, 3.8) is 0 Å². The molecule has 1 heteroatoms. The van der Waals surface area contributed by atoms with Gasteiger partial charge in [0.2, 0.25) is 0 Å². The lowest BCUT2D eigenvalue weighted by molar-refractivity contribution is 1.52. The first-order valence-corrected chi connectivity index (χ1v) is 3.35. The van der Waals surface area contributed by atoms with Gasteiger partial charge in [-0.05, 0) is 12.1 Å². The number of fused-ring (bicyclic) bond motifs is 3. The van der Waals surface area contributed by atoms with Gasteiger partial charge in [0.25, 0.3) is 0 Å². The lowest BCUT2D eigenvalue weighted by atomic mass is 10.2. The summed E-state index contributed by atoms with van der Waals surface area (Å²) in [4.78, 5) is 4.35. The zero-order chi connectivity index (χ0) is 6.55. The Labute approximate surface area is 58.3 Å². The van der Waals surface area contributed by atoms with Gasteiger partial charge in [0.05, 0.1) is 11.2 Å². The summed E-state index contributed by atoms with van der Waals surface area (Å²) in [5, 5.41) is 1.30. The fraction of sp³-hybridized carbons (Fsp3) is 0. The van der Waals surface area contributed by atoms with Crippen LogP contribution in [0.2, 0.25) is 0 Å². The molecule has 0 N–H and O–H groups in total. The lowest BCUT2D eigenvalue weighted by Gasteiger charge is -1.83. The molecular weight excluding hydrogens is 122 g/mol. The van der Waals surface area contributed by atoms with Crippen LogP contribution in [0.4, 0.5) is 0 Å². The quantitative estimate of drug-likeness (QED) is 0.451. The van der Waals surface area contributed by atoms with Crippen molar-refractivity contribution in [2.45, 2.75) is 0 Å². The van der Waals surface area contributed by atoms with Gasteiger partial charge in [-0.3, -0.25) is 0 Å². The summed E-state index contributed by atoms with van der Waals surface area (Å²) in [7, 11) is 0. The van der Waals surface area contributed by atoms with Crippen molar-refractivity contribution in [3.05, 3.63) is 30.3 Å². The van der Waals surface area contributed by atoms with Crippen LogP contribution in [0.15, 0.2) is 30.3 Å². The second kappa shape index (κ2) is 1.21. The van der Waals surface area contributed by atoms with Crippen LogP contribution in [0.1, 0.15) is 0 Å². The van der Waals surface area contributed by atoms with E-state index in [0.29, 0.717) is 0 Å². The van der Waals surface area contributed by atoms with Gasteiger partial charge >= 0.3 is 0 Å². The third kappa shape index (κ3) is 0.376. The first-order valence-electron chi connectivity index (χ1n) is 3.35. The van der Waals surface area contributed by atoms with E-state index in [9.17, 15) is 0 Å². The van der Waals surface area contributed by atoms with E-state index in [1.165, 1.54) is 16.6 Å². The number of nitrogens with zero attached hydrogens (tertiary/aromatic N) is 1. The number of aromatic nitrogens is 1. The predicted octanol–water partition coefficient (Wildman–Crippen LogP) is 2.22. The lowest BCUT2D eigenvalue weighted by Crippen LogP contribution is -1.63. The summed E-state index contributed by atoms with van der Waals surface area (Å²) >= 11 is 0. The number of hydrogen-bond donors (Lipinski definition) is 0. The van der Waals surface area contributed by atoms with E-state index >= 15 is 0 Å². The van der Waals surface area contributed by atoms with Crippen molar-refractivity contribution in [2.24, 2.45) is 0 Å². The van der Waals surface area contributed by atoms with Crippen LogP contribution in [0.3, 0.4) is 0 Å². The van der Waals surface area contributed by atoms with Crippen molar-refractivity contribution in [1.82, 2.24) is 4.98 Å². The molecule has 0 saturated heterocycles. The number of para-hydroxylation sites is 1. The smallest absolute Gasteiger partial charge is 0.0724 e. The van der Waals surface area contributed by atoms with Crippen molar-refractivity contribution >= 4 is 10.9 Å². The highest BCUT2D eigenvalue weighted by molar-refractivity contribution is 6.04. The topological polar surface area (TPSA) is 12.9 Å². The highest BCUT2D eigenvalue weighted by Crippen LogP contribution is 2.39. The van der Waals surface area contributed by atoms with E-state index in [-0.39, 0.29) is 0 Å². The standard InChI is InChI=1S/C9H5N/c1-2-4-8-6(3-1)7-5-9(7)10-8/h1-5H. The Kier molecular flexibility index (Phi) is 0.539. The number of hydrogen-bond acceptors (Lipinski definition) is 1. The van der Waals surface area contributed by atoms with E-state index < -0.39 is 0 Å². The monoisotopic (exact) mass is 127 g/mol. The third-order valence-corrected chi connectivity index (χ3v) is 1.91. The van der Waals surface area contributed by atoms with Crippen LogP contribution in [-0.4, -0.2) is 4.98 Å². The number of benzene rings is 1. The van der Waals surface area contributed by atoms with Crippen LogP contribution >= 0.6 is 0 Å². The van der Waals surface area contributed by atoms with E-state index in [4.69, 9.17) is 0 Å². The van der Waals surface area contributed by atoms with Gasteiger partial charge in [0.1, 0.15) is 0 Å². The Bertz CT molecular complexity index is 418. The van der Waals surface area contributed by atoms with Crippen molar-refractivity contribution in [2.75, 3.05) is 0 Å². The first kappa shape index (κ1) is 4.45. The van der Waals surface area contributed by atoms with E-state index in [1.807, 2.05) is 6.07 Å². The van der Waals surface area contributed by atoms with E-state index in [1.54, 1.807) is 0 Å². The molecule has 0 unspecified atom stereocenters. The van der Waals surface area contributed by atoms with Gasteiger partial charge in [-0.1, -0.05) is 18.2 Å². The molecule has 1 aliphatic heterocycles. The van der Waals surface area contributed by atoms with Crippen LogP contribution in [0.25, 0.3) is 22.2 Å². The average molecular weight is 127 g/mol. The summed E-state index contributed by atoms with van der Waals surface area (Å²) in [5.74, 6) is 0.